The first-order chi connectivity index (χ1) is 9.24. The molecule has 0 aromatic carbocycles. The molecular weight excluding hydrogens is 262 g/mol. The quantitative estimate of drug-likeness (QED) is 0.660. The monoisotopic (exact) mass is 281 g/mol. The van der Waals surface area contributed by atoms with Crippen LogP contribution >= 0.6 is 11.6 Å². The van der Waals surface area contributed by atoms with E-state index >= 15 is 0 Å². The molecule has 2 aliphatic rings. The Labute approximate surface area is 118 Å². The Hall–Kier alpha value is -0.680. The van der Waals surface area contributed by atoms with Crippen LogP contribution in [0, 0.1) is 5.92 Å². The summed E-state index contributed by atoms with van der Waals surface area (Å²) < 4.78 is 5.98. The van der Waals surface area contributed by atoms with Gasteiger partial charge in [-0.2, -0.15) is 0 Å². The van der Waals surface area contributed by atoms with Crippen molar-refractivity contribution in [2.24, 2.45) is 11.8 Å². The average Bonchev–Trinajstić information content (AvgIpc) is 2.40. The predicted molar refractivity (Wildman–Crippen MR) is 74.6 cm³/mol. The zero-order valence-corrected chi connectivity index (χ0v) is 11.7. The van der Waals surface area contributed by atoms with E-state index in [1.165, 1.54) is 19.3 Å². The number of hydrazine groups is 1. The van der Waals surface area contributed by atoms with Crippen LogP contribution in [0.25, 0.3) is 0 Å². The van der Waals surface area contributed by atoms with Crippen LogP contribution in [0.4, 0.5) is 0 Å². The summed E-state index contributed by atoms with van der Waals surface area (Å²) in [4.78, 5) is 4.04. The topological polar surface area (TPSA) is 60.2 Å². The highest BCUT2D eigenvalue weighted by Crippen LogP contribution is 2.47. The second kappa shape index (κ2) is 5.37. The maximum Gasteiger partial charge on any atom is 0.0686 e. The van der Waals surface area contributed by atoms with Crippen LogP contribution in [-0.4, -0.2) is 17.2 Å². The van der Waals surface area contributed by atoms with E-state index in [2.05, 4.69) is 10.4 Å². The maximum absolute atomic E-state index is 6.25. The molecule has 1 aromatic heterocycles. The Bertz CT molecular complexity index is 450. The van der Waals surface area contributed by atoms with Gasteiger partial charge in [0.2, 0.25) is 0 Å². The maximum atomic E-state index is 6.25. The molecule has 104 valence electrons. The first-order valence-electron chi connectivity index (χ1n) is 6.94. The Kier molecular flexibility index (Phi) is 3.76. The minimum absolute atomic E-state index is 0.0804. The molecule has 5 heteroatoms. The highest BCUT2D eigenvalue weighted by atomic mass is 35.5. The Balaban J connectivity index is 1.80. The summed E-state index contributed by atoms with van der Waals surface area (Å²) in [5.41, 5.74) is 4.11. The predicted octanol–water partition coefficient (Wildman–Crippen LogP) is 2.59. The molecule has 1 saturated heterocycles. The number of hydrogen-bond acceptors (Lipinski definition) is 4. The molecule has 1 aromatic rings. The molecule has 1 aliphatic heterocycles. The van der Waals surface area contributed by atoms with Gasteiger partial charge in [0.25, 0.3) is 0 Å². The number of hydrogen-bond donors (Lipinski definition) is 2. The van der Waals surface area contributed by atoms with Gasteiger partial charge in [0.1, 0.15) is 0 Å². The third-order valence-corrected chi connectivity index (χ3v) is 4.90. The number of nitrogens with one attached hydrogen (secondary N) is 1. The van der Waals surface area contributed by atoms with Crippen LogP contribution in [0.1, 0.15) is 43.7 Å². The van der Waals surface area contributed by atoms with Gasteiger partial charge in [-0.1, -0.05) is 11.6 Å². The van der Waals surface area contributed by atoms with E-state index in [4.69, 9.17) is 22.2 Å². The Morgan fingerprint density at radius 2 is 2.37 bits per heavy atom. The fourth-order valence-corrected chi connectivity index (χ4v) is 3.62. The van der Waals surface area contributed by atoms with Crippen LogP contribution in [0.3, 0.4) is 0 Å². The van der Waals surface area contributed by atoms with Crippen molar-refractivity contribution >= 4 is 11.6 Å². The molecule has 2 heterocycles. The average molecular weight is 282 g/mol. The number of halogens is 1. The van der Waals surface area contributed by atoms with Crippen molar-refractivity contribution in [1.82, 2.24) is 10.4 Å². The van der Waals surface area contributed by atoms with Gasteiger partial charge < -0.3 is 4.74 Å². The van der Waals surface area contributed by atoms with Crippen LogP contribution in [0.5, 0.6) is 0 Å². The molecule has 1 spiro atoms. The van der Waals surface area contributed by atoms with Crippen LogP contribution in [0.15, 0.2) is 18.5 Å². The van der Waals surface area contributed by atoms with Crippen LogP contribution < -0.4 is 11.3 Å². The minimum Gasteiger partial charge on any atom is -0.375 e. The first kappa shape index (κ1) is 13.3. The minimum atomic E-state index is 0.0804. The Morgan fingerprint density at radius 3 is 3.00 bits per heavy atom. The summed E-state index contributed by atoms with van der Waals surface area (Å²) in [7, 11) is 0. The third-order valence-electron chi connectivity index (χ3n) is 4.59. The van der Waals surface area contributed by atoms with E-state index in [1.807, 2.05) is 6.07 Å². The van der Waals surface area contributed by atoms with E-state index in [9.17, 15) is 0 Å². The van der Waals surface area contributed by atoms with Crippen molar-refractivity contribution < 1.29 is 4.74 Å². The lowest BCUT2D eigenvalue weighted by molar-refractivity contribution is -0.147. The van der Waals surface area contributed by atoms with Gasteiger partial charge in [0, 0.05) is 19.0 Å². The highest BCUT2D eigenvalue weighted by molar-refractivity contribution is 6.31. The molecule has 3 N–H and O–H groups in total. The SMILES string of the molecule is NNC(c1ccncc1Cl)C1CCOC2(CCC2)C1. The van der Waals surface area contributed by atoms with Gasteiger partial charge in [-0.15, -0.1) is 0 Å². The number of aromatic nitrogens is 1. The van der Waals surface area contributed by atoms with Crippen molar-refractivity contribution in [2.45, 2.75) is 43.7 Å². The number of ether oxygens (including phenoxy) is 1. The van der Waals surface area contributed by atoms with Gasteiger partial charge >= 0.3 is 0 Å². The largest absolute Gasteiger partial charge is 0.375 e. The molecule has 2 unspecified atom stereocenters. The molecule has 2 atom stereocenters. The van der Waals surface area contributed by atoms with E-state index in [-0.39, 0.29) is 11.6 Å². The van der Waals surface area contributed by atoms with E-state index in [1.54, 1.807) is 12.4 Å². The van der Waals surface area contributed by atoms with Crippen molar-refractivity contribution in [3.05, 3.63) is 29.0 Å². The smallest absolute Gasteiger partial charge is 0.0686 e. The lowest BCUT2D eigenvalue weighted by atomic mass is 9.70. The van der Waals surface area contributed by atoms with Gasteiger partial charge in [-0.3, -0.25) is 16.3 Å². The molecule has 0 radical (unpaired) electrons. The van der Waals surface area contributed by atoms with Crippen molar-refractivity contribution in [2.75, 3.05) is 6.61 Å². The summed E-state index contributed by atoms with van der Waals surface area (Å²) in [6.45, 7) is 0.825. The standard InChI is InChI=1S/C14H20ClN3O/c15-12-9-17-6-2-11(12)13(18-16)10-3-7-19-14(8-10)4-1-5-14/h2,6,9-10,13,18H,1,3-5,7-8,16H2. The highest BCUT2D eigenvalue weighted by Gasteiger charge is 2.44. The molecule has 0 bridgehead atoms. The molecule has 4 nitrogen and oxygen atoms in total. The molecule has 19 heavy (non-hydrogen) atoms. The lowest BCUT2D eigenvalue weighted by Gasteiger charge is -2.48. The number of nitrogens with two attached hydrogens (primary N) is 1. The molecule has 1 aliphatic carbocycles. The fraction of sp³-hybridized carbons (Fsp3) is 0.643. The van der Waals surface area contributed by atoms with Crippen LogP contribution in [-0.2, 0) is 4.74 Å². The Morgan fingerprint density at radius 1 is 1.53 bits per heavy atom. The zero-order chi connectivity index (χ0) is 13.3. The summed E-state index contributed by atoms with van der Waals surface area (Å²) in [6, 6.07) is 2.03. The summed E-state index contributed by atoms with van der Waals surface area (Å²) in [5, 5.41) is 0.680. The fourth-order valence-electron chi connectivity index (χ4n) is 3.39. The second-order valence-corrected chi connectivity index (χ2v) is 6.09. The lowest BCUT2D eigenvalue weighted by Crippen LogP contribution is -2.48. The molecular formula is C14H20ClN3O. The van der Waals surface area contributed by atoms with Gasteiger partial charge in [0.15, 0.2) is 0 Å². The summed E-state index contributed by atoms with van der Waals surface area (Å²) in [5.74, 6) is 6.25. The van der Waals surface area contributed by atoms with Crippen LogP contribution in [0.2, 0.25) is 5.02 Å². The molecule has 0 amide bonds. The first-order valence-corrected chi connectivity index (χ1v) is 7.31. The van der Waals surface area contributed by atoms with Crippen molar-refractivity contribution in [1.29, 1.82) is 0 Å². The number of pyridine rings is 1. The zero-order valence-electron chi connectivity index (χ0n) is 10.9. The van der Waals surface area contributed by atoms with Crippen molar-refractivity contribution in [3.63, 3.8) is 0 Å². The van der Waals surface area contributed by atoms with Crippen molar-refractivity contribution in [3.8, 4) is 0 Å². The van der Waals surface area contributed by atoms with Gasteiger partial charge in [-0.05, 0) is 49.7 Å². The van der Waals surface area contributed by atoms with Gasteiger partial charge in [0.05, 0.1) is 16.7 Å². The second-order valence-electron chi connectivity index (χ2n) is 5.68. The van der Waals surface area contributed by atoms with E-state index in [0.717, 1.165) is 25.0 Å². The molecule has 3 rings (SSSR count). The normalized spacial score (nSPS) is 26.9. The summed E-state index contributed by atoms with van der Waals surface area (Å²) >= 11 is 6.25. The third kappa shape index (κ3) is 2.50. The molecule has 2 fully saturated rings. The van der Waals surface area contributed by atoms with Gasteiger partial charge in [-0.25, -0.2) is 0 Å². The number of rotatable bonds is 3. The molecule has 1 saturated carbocycles. The summed E-state index contributed by atoms with van der Waals surface area (Å²) in [6.07, 6.45) is 9.19. The van der Waals surface area contributed by atoms with E-state index in [0.29, 0.717) is 10.9 Å². The van der Waals surface area contributed by atoms with E-state index < -0.39 is 0 Å². The number of nitrogens with zero attached hydrogens (tertiary/aromatic N) is 1.